The van der Waals surface area contributed by atoms with Crippen molar-refractivity contribution in [3.05, 3.63) is 51.5 Å². The molecule has 5 heteroatoms. The summed E-state index contributed by atoms with van der Waals surface area (Å²) in [5.74, 6) is -0.261. The molecule has 1 atom stereocenters. The Bertz CT molecular complexity index is 565. The maximum atomic E-state index is 13.4. The molecule has 96 valence electrons. The van der Waals surface area contributed by atoms with E-state index in [1.165, 1.54) is 6.07 Å². The third-order valence-corrected chi connectivity index (χ3v) is 3.81. The van der Waals surface area contributed by atoms with Crippen LogP contribution in [-0.2, 0) is 13.5 Å². The smallest absolute Gasteiger partial charge is 0.137 e. The minimum Gasteiger partial charge on any atom is -0.324 e. The predicted octanol–water partition coefficient (Wildman–Crippen LogP) is 2.87. The van der Waals surface area contributed by atoms with Crippen molar-refractivity contribution in [2.75, 3.05) is 0 Å². The predicted molar refractivity (Wildman–Crippen MR) is 72.7 cm³/mol. The Balaban J connectivity index is 2.24. The van der Waals surface area contributed by atoms with Crippen molar-refractivity contribution in [1.29, 1.82) is 0 Å². The fourth-order valence-corrected chi connectivity index (χ4v) is 2.46. The van der Waals surface area contributed by atoms with E-state index in [9.17, 15) is 4.39 Å². The van der Waals surface area contributed by atoms with Gasteiger partial charge in [0.05, 0.1) is 10.2 Å². The molecule has 1 unspecified atom stereocenters. The van der Waals surface area contributed by atoms with E-state index in [0.717, 1.165) is 16.8 Å². The molecular weight excluding hydrogens is 297 g/mol. The number of aromatic nitrogens is 2. The van der Waals surface area contributed by atoms with Crippen LogP contribution in [0.15, 0.2) is 28.9 Å². The van der Waals surface area contributed by atoms with Crippen LogP contribution in [0.2, 0.25) is 0 Å². The molecule has 2 N–H and O–H groups in total. The highest BCUT2D eigenvalue weighted by Crippen LogP contribution is 2.25. The minimum absolute atomic E-state index is 0.184. The third-order valence-electron chi connectivity index (χ3n) is 2.92. The Morgan fingerprint density at radius 2 is 2.22 bits per heavy atom. The van der Waals surface area contributed by atoms with Crippen LogP contribution >= 0.6 is 15.9 Å². The number of benzene rings is 1. The van der Waals surface area contributed by atoms with Crippen LogP contribution in [0.4, 0.5) is 4.39 Å². The van der Waals surface area contributed by atoms with E-state index in [2.05, 4.69) is 21.0 Å². The maximum Gasteiger partial charge on any atom is 0.137 e. The zero-order chi connectivity index (χ0) is 13.3. The zero-order valence-electron chi connectivity index (χ0n) is 10.3. The van der Waals surface area contributed by atoms with Gasteiger partial charge >= 0.3 is 0 Å². The first-order valence-electron chi connectivity index (χ1n) is 5.67. The number of aryl methyl sites for hydroxylation is 2. The SMILES string of the molecule is Cc1nn(C)cc1C(N)Cc1cccc(F)c1Br. The molecule has 2 rings (SSSR count). The van der Waals surface area contributed by atoms with Crippen molar-refractivity contribution in [2.24, 2.45) is 12.8 Å². The minimum atomic E-state index is -0.261. The molecule has 0 aliphatic heterocycles. The highest BCUT2D eigenvalue weighted by Gasteiger charge is 2.15. The first-order chi connectivity index (χ1) is 8.49. The Labute approximate surface area is 114 Å². The second kappa shape index (κ2) is 5.20. The molecule has 0 saturated heterocycles. The van der Waals surface area contributed by atoms with Crippen molar-refractivity contribution in [3.8, 4) is 0 Å². The van der Waals surface area contributed by atoms with Crippen LogP contribution in [0, 0.1) is 12.7 Å². The van der Waals surface area contributed by atoms with Crippen LogP contribution < -0.4 is 5.73 Å². The van der Waals surface area contributed by atoms with Gasteiger partial charge in [-0.1, -0.05) is 12.1 Å². The van der Waals surface area contributed by atoms with E-state index >= 15 is 0 Å². The monoisotopic (exact) mass is 311 g/mol. The molecule has 0 bridgehead atoms. The molecule has 0 aliphatic carbocycles. The molecule has 0 fully saturated rings. The average molecular weight is 312 g/mol. The number of halogens is 2. The summed E-state index contributed by atoms with van der Waals surface area (Å²) in [6, 6.07) is 4.81. The van der Waals surface area contributed by atoms with Gasteiger partial charge in [-0.2, -0.15) is 5.10 Å². The standard InChI is InChI=1S/C13H15BrFN3/c1-8-10(7-18(2)17-8)12(16)6-9-4-3-5-11(15)13(9)14/h3-5,7,12H,6,16H2,1-2H3. The lowest BCUT2D eigenvalue weighted by molar-refractivity contribution is 0.614. The average Bonchev–Trinajstić information content (AvgIpc) is 2.64. The van der Waals surface area contributed by atoms with Crippen LogP contribution in [0.25, 0.3) is 0 Å². The summed E-state index contributed by atoms with van der Waals surface area (Å²) in [6.45, 7) is 1.93. The summed E-state index contributed by atoms with van der Waals surface area (Å²) in [4.78, 5) is 0. The molecule has 0 saturated carbocycles. The summed E-state index contributed by atoms with van der Waals surface area (Å²) in [5.41, 5.74) is 8.94. The molecule has 0 aliphatic rings. The Morgan fingerprint density at radius 1 is 1.50 bits per heavy atom. The van der Waals surface area contributed by atoms with Gasteiger partial charge in [-0.3, -0.25) is 4.68 Å². The van der Waals surface area contributed by atoms with Crippen LogP contribution in [-0.4, -0.2) is 9.78 Å². The van der Waals surface area contributed by atoms with Gasteiger partial charge in [0, 0.05) is 24.8 Å². The molecule has 3 nitrogen and oxygen atoms in total. The van der Waals surface area contributed by atoms with E-state index in [1.807, 2.05) is 26.2 Å². The molecule has 2 aromatic rings. The van der Waals surface area contributed by atoms with Gasteiger partial charge in [0.1, 0.15) is 5.82 Å². The molecule has 0 spiro atoms. The third kappa shape index (κ3) is 2.62. The van der Waals surface area contributed by atoms with E-state index in [4.69, 9.17) is 5.73 Å². The lowest BCUT2D eigenvalue weighted by Gasteiger charge is -2.12. The van der Waals surface area contributed by atoms with Gasteiger partial charge < -0.3 is 5.73 Å². The lowest BCUT2D eigenvalue weighted by atomic mass is 10.0. The highest BCUT2D eigenvalue weighted by molar-refractivity contribution is 9.10. The van der Waals surface area contributed by atoms with E-state index in [0.29, 0.717) is 10.9 Å². The van der Waals surface area contributed by atoms with Gasteiger partial charge in [0.15, 0.2) is 0 Å². The lowest BCUT2D eigenvalue weighted by Crippen LogP contribution is -2.14. The van der Waals surface area contributed by atoms with Crippen molar-refractivity contribution >= 4 is 15.9 Å². The van der Waals surface area contributed by atoms with Gasteiger partial charge in [-0.15, -0.1) is 0 Å². The van der Waals surface area contributed by atoms with Gasteiger partial charge in [-0.25, -0.2) is 4.39 Å². The first-order valence-corrected chi connectivity index (χ1v) is 6.47. The van der Waals surface area contributed by atoms with E-state index < -0.39 is 0 Å². The molecule has 18 heavy (non-hydrogen) atoms. The molecule has 1 aromatic heterocycles. The molecule has 0 amide bonds. The zero-order valence-corrected chi connectivity index (χ0v) is 11.9. The number of nitrogens with two attached hydrogens (primary N) is 1. The number of hydrogen-bond donors (Lipinski definition) is 1. The number of rotatable bonds is 3. The summed E-state index contributed by atoms with van der Waals surface area (Å²) < 4.78 is 15.6. The van der Waals surface area contributed by atoms with Gasteiger partial charge in [0.25, 0.3) is 0 Å². The van der Waals surface area contributed by atoms with Crippen LogP contribution in [0.5, 0.6) is 0 Å². The van der Waals surface area contributed by atoms with Crippen molar-refractivity contribution < 1.29 is 4.39 Å². The molecule has 1 aromatic carbocycles. The summed E-state index contributed by atoms with van der Waals surface area (Å²) >= 11 is 3.25. The molecule has 0 radical (unpaired) electrons. The Kier molecular flexibility index (Phi) is 3.82. The van der Waals surface area contributed by atoms with Crippen LogP contribution in [0.1, 0.15) is 22.9 Å². The van der Waals surface area contributed by atoms with E-state index in [-0.39, 0.29) is 11.9 Å². The topological polar surface area (TPSA) is 43.8 Å². The van der Waals surface area contributed by atoms with Crippen LogP contribution in [0.3, 0.4) is 0 Å². The normalized spacial score (nSPS) is 12.7. The van der Waals surface area contributed by atoms with Gasteiger partial charge in [-0.05, 0) is 40.9 Å². The second-order valence-corrected chi connectivity index (χ2v) is 5.16. The largest absolute Gasteiger partial charge is 0.324 e. The van der Waals surface area contributed by atoms with Gasteiger partial charge in [0.2, 0.25) is 0 Å². The molecular formula is C13H15BrFN3. The fraction of sp³-hybridized carbons (Fsp3) is 0.308. The van der Waals surface area contributed by atoms with Crippen molar-refractivity contribution in [1.82, 2.24) is 9.78 Å². The second-order valence-electron chi connectivity index (χ2n) is 4.37. The van der Waals surface area contributed by atoms with Crippen molar-refractivity contribution in [3.63, 3.8) is 0 Å². The first kappa shape index (κ1) is 13.2. The summed E-state index contributed by atoms with van der Waals surface area (Å²) in [7, 11) is 1.86. The Morgan fingerprint density at radius 3 is 2.83 bits per heavy atom. The number of hydrogen-bond acceptors (Lipinski definition) is 2. The summed E-state index contributed by atoms with van der Waals surface area (Å²) in [6.07, 6.45) is 2.48. The summed E-state index contributed by atoms with van der Waals surface area (Å²) in [5, 5.41) is 4.26. The maximum absolute atomic E-state index is 13.4. The highest BCUT2D eigenvalue weighted by atomic mass is 79.9. The molecule has 1 heterocycles. The van der Waals surface area contributed by atoms with E-state index in [1.54, 1.807) is 10.7 Å². The Hall–Kier alpha value is -1.20. The number of nitrogens with zero attached hydrogens (tertiary/aromatic N) is 2. The quantitative estimate of drug-likeness (QED) is 0.947. The van der Waals surface area contributed by atoms with Crippen molar-refractivity contribution in [2.45, 2.75) is 19.4 Å². The fourth-order valence-electron chi connectivity index (χ4n) is 2.03.